The van der Waals surface area contributed by atoms with Gasteiger partial charge in [-0.1, -0.05) is 18.1 Å². The second-order valence-electron chi connectivity index (χ2n) is 4.41. The van der Waals surface area contributed by atoms with Crippen molar-refractivity contribution in [2.45, 2.75) is 18.9 Å². The number of likely N-dealkylation sites (tertiary alicyclic amines) is 1. The first-order valence-corrected chi connectivity index (χ1v) is 5.80. The largest absolute Gasteiger partial charge is 0.381 e. The Labute approximate surface area is 97.7 Å². The minimum Gasteiger partial charge on any atom is -0.381 e. The van der Waals surface area contributed by atoms with Gasteiger partial charge in [0.05, 0.1) is 5.69 Å². The molecule has 2 rings (SSSR count). The molecule has 0 atom stereocenters. The fraction of sp³-hybridized carbons (Fsp3) is 0.429. The van der Waals surface area contributed by atoms with Gasteiger partial charge in [-0.2, -0.15) is 0 Å². The summed E-state index contributed by atoms with van der Waals surface area (Å²) in [6.45, 7) is 2.33. The maximum absolute atomic E-state index is 5.48. The van der Waals surface area contributed by atoms with Crippen LogP contribution in [0.25, 0.3) is 0 Å². The molecule has 84 valence electrons. The van der Waals surface area contributed by atoms with Gasteiger partial charge in [0.25, 0.3) is 0 Å². The SMILES string of the molecule is C#Cc1ccccc1NC1CCN(C)CC1. The fourth-order valence-corrected chi connectivity index (χ4v) is 2.11. The lowest BCUT2D eigenvalue weighted by Crippen LogP contribution is -2.36. The fourth-order valence-electron chi connectivity index (χ4n) is 2.11. The monoisotopic (exact) mass is 214 g/mol. The quantitative estimate of drug-likeness (QED) is 0.759. The maximum atomic E-state index is 5.48. The molecule has 1 saturated heterocycles. The van der Waals surface area contributed by atoms with Crippen LogP contribution < -0.4 is 5.32 Å². The second kappa shape index (κ2) is 5.05. The molecule has 0 unspecified atom stereocenters. The van der Waals surface area contributed by atoms with E-state index in [1.165, 1.54) is 12.8 Å². The predicted octanol–water partition coefficient (Wildman–Crippen LogP) is 2.17. The molecule has 0 amide bonds. The molecule has 2 nitrogen and oxygen atoms in total. The van der Waals surface area contributed by atoms with E-state index in [1.54, 1.807) is 0 Å². The van der Waals surface area contributed by atoms with Crippen molar-refractivity contribution in [2.75, 3.05) is 25.5 Å². The van der Waals surface area contributed by atoms with Crippen LogP contribution in [0.3, 0.4) is 0 Å². The van der Waals surface area contributed by atoms with Gasteiger partial charge in [0.2, 0.25) is 0 Å². The van der Waals surface area contributed by atoms with Gasteiger partial charge in [0.1, 0.15) is 0 Å². The minimum atomic E-state index is 0.561. The Morgan fingerprint density at radius 1 is 1.31 bits per heavy atom. The topological polar surface area (TPSA) is 15.3 Å². The number of para-hydroxylation sites is 1. The molecule has 1 aromatic carbocycles. The molecule has 1 aliphatic rings. The molecule has 0 aliphatic carbocycles. The summed E-state index contributed by atoms with van der Waals surface area (Å²) >= 11 is 0. The van der Waals surface area contributed by atoms with Crippen LogP contribution in [0.4, 0.5) is 5.69 Å². The number of anilines is 1. The second-order valence-corrected chi connectivity index (χ2v) is 4.41. The normalized spacial score (nSPS) is 18.0. The molecule has 0 aromatic heterocycles. The van der Waals surface area contributed by atoms with E-state index in [2.05, 4.69) is 29.3 Å². The van der Waals surface area contributed by atoms with Crippen molar-refractivity contribution in [3.8, 4) is 12.3 Å². The lowest BCUT2D eigenvalue weighted by molar-refractivity contribution is 0.264. The summed E-state index contributed by atoms with van der Waals surface area (Å²) in [6, 6.07) is 8.61. The van der Waals surface area contributed by atoms with E-state index < -0.39 is 0 Å². The number of benzene rings is 1. The third kappa shape index (κ3) is 2.56. The Morgan fingerprint density at radius 3 is 2.69 bits per heavy atom. The number of hydrogen-bond acceptors (Lipinski definition) is 2. The molecule has 1 fully saturated rings. The number of nitrogens with zero attached hydrogens (tertiary/aromatic N) is 1. The predicted molar refractivity (Wildman–Crippen MR) is 68.5 cm³/mol. The third-order valence-corrected chi connectivity index (χ3v) is 3.16. The number of rotatable bonds is 2. The highest BCUT2D eigenvalue weighted by molar-refractivity contribution is 5.58. The van der Waals surface area contributed by atoms with Gasteiger partial charge in [-0.3, -0.25) is 0 Å². The van der Waals surface area contributed by atoms with E-state index in [-0.39, 0.29) is 0 Å². The lowest BCUT2D eigenvalue weighted by Gasteiger charge is -2.30. The first-order chi connectivity index (χ1) is 7.79. The highest BCUT2D eigenvalue weighted by Gasteiger charge is 2.16. The van der Waals surface area contributed by atoms with Crippen LogP contribution in [0.1, 0.15) is 18.4 Å². The van der Waals surface area contributed by atoms with E-state index in [0.717, 1.165) is 24.3 Å². The molecular formula is C14H18N2. The summed E-state index contributed by atoms with van der Waals surface area (Å²) in [7, 11) is 2.17. The standard InChI is InChI=1S/C14H18N2/c1-3-12-6-4-5-7-14(12)15-13-8-10-16(2)11-9-13/h1,4-7,13,15H,8-11H2,2H3. The summed E-state index contributed by atoms with van der Waals surface area (Å²) in [5.41, 5.74) is 2.06. The van der Waals surface area contributed by atoms with Crippen molar-refractivity contribution in [1.29, 1.82) is 0 Å². The Morgan fingerprint density at radius 2 is 2.00 bits per heavy atom. The zero-order chi connectivity index (χ0) is 11.4. The average Bonchev–Trinajstić information content (AvgIpc) is 2.33. The Kier molecular flexibility index (Phi) is 3.48. The Balaban J connectivity index is 2.01. The van der Waals surface area contributed by atoms with Crippen LogP contribution in [-0.4, -0.2) is 31.1 Å². The number of terminal acetylenes is 1. The van der Waals surface area contributed by atoms with Crippen molar-refractivity contribution >= 4 is 5.69 Å². The van der Waals surface area contributed by atoms with E-state index in [4.69, 9.17) is 6.42 Å². The van der Waals surface area contributed by atoms with Gasteiger partial charge in [-0.05, 0) is 45.1 Å². The van der Waals surface area contributed by atoms with Crippen molar-refractivity contribution < 1.29 is 0 Å². The van der Waals surface area contributed by atoms with Crippen LogP contribution in [0.15, 0.2) is 24.3 Å². The van der Waals surface area contributed by atoms with E-state index in [9.17, 15) is 0 Å². The summed E-state index contributed by atoms with van der Waals surface area (Å²) in [6.07, 6.45) is 7.86. The molecule has 1 aromatic rings. The third-order valence-electron chi connectivity index (χ3n) is 3.16. The van der Waals surface area contributed by atoms with Crippen LogP contribution >= 0.6 is 0 Å². The maximum Gasteiger partial charge on any atom is 0.0501 e. The number of piperidine rings is 1. The van der Waals surface area contributed by atoms with Crippen LogP contribution in [0, 0.1) is 12.3 Å². The molecule has 0 radical (unpaired) electrons. The molecular weight excluding hydrogens is 196 g/mol. The summed E-state index contributed by atoms with van der Waals surface area (Å²) in [5, 5.41) is 3.55. The van der Waals surface area contributed by atoms with Crippen molar-refractivity contribution in [2.24, 2.45) is 0 Å². The first-order valence-electron chi connectivity index (χ1n) is 5.80. The average molecular weight is 214 g/mol. The van der Waals surface area contributed by atoms with Gasteiger partial charge in [-0.15, -0.1) is 6.42 Å². The minimum absolute atomic E-state index is 0.561. The lowest BCUT2D eigenvalue weighted by atomic mass is 10.0. The highest BCUT2D eigenvalue weighted by atomic mass is 15.1. The van der Waals surface area contributed by atoms with Crippen molar-refractivity contribution in [3.05, 3.63) is 29.8 Å². The summed E-state index contributed by atoms with van der Waals surface area (Å²) in [4.78, 5) is 2.37. The Hall–Kier alpha value is -1.46. The molecule has 0 saturated carbocycles. The smallest absolute Gasteiger partial charge is 0.0501 e. The van der Waals surface area contributed by atoms with Crippen LogP contribution in [0.2, 0.25) is 0 Å². The van der Waals surface area contributed by atoms with E-state index in [0.29, 0.717) is 6.04 Å². The summed E-state index contributed by atoms with van der Waals surface area (Å²) in [5.74, 6) is 2.72. The van der Waals surface area contributed by atoms with Gasteiger partial charge < -0.3 is 10.2 Å². The molecule has 2 heteroatoms. The molecule has 0 spiro atoms. The molecule has 0 bridgehead atoms. The van der Waals surface area contributed by atoms with Gasteiger partial charge in [0.15, 0.2) is 0 Å². The molecule has 1 N–H and O–H groups in total. The van der Waals surface area contributed by atoms with Crippen molar-refractivity contribution in [3.63, 3.8) is 0 Å². The molecule has 16 heavy (non-hydrogen) atoms. The Bertz CT molecular complexity index is 384. The van der Waals surface area contributed by atoms with Gasteiger partial charge >= 0.3 is 0 Å². The van der Waals surface area contributed by atoms with Gasteiger partial charge in [0, 0.05) is 11.6 Å². The number of nitrogens with one attached hydrogen (secondary N) is 1. The van der Waals surface area contributed by atoms with Crippen LogP contribution in [0.5, 0.6) is 0 Å². The van der Waals surface area contributed by atoms with Gasteiger partial charge in [-0.25, -0.2) is 0 Å². The van der Waals surface area contributed by atoms with E-state index in [1.807, 2.05) is 18.2 Å². The summed E-state index contributed by atoms with van der Waals surface area (Å²) < 4.78 is 0. The number of hydrogen-bond donors (Lipinski definition) is 1. The van der Waals surface area contributed by atoms with Crippen LogP contribution in [-0.2, 0) is 0 Å². The highest BCUT2D eigenvalue weighted by Crippen LogP contribution is 2.19. The first kappa shape index (κ1) is 11.0. The zero-order valence-electron chi connectivity index (χ0n) is 9.74. The molecule has 1 aliphatic heterocycles. The van der Waals surface area contributed by atoms with Crippen molar-refractivity contribution in [1.82, 2.24) is 4.90 Å². The zero-order valence-corrected chi connectivity index (χ0v) is 9.74. The van der Waals surface area contributed by atoms with E-state index >= 15 is 0 Å². The molecule has 1 heterocycles.